The van der Waals surface area contributed by atoms with Gasteiger partial charge in [-0.3, -0.25) is 4.90 Å². The molecule has 0 aliphatic heterocycles. The van der Waals surface area contributed by atoms with Gasteiger partial charge < -0.3 is 4.52 Å². The van der Waals surface area contributed by atoms with Gasteiger partial charge in [-0.15, -0.1) is 13.2 Å². The lowest BCUT2D eigenvalue weighted by Gasteiger charge is -2.15. The summed E-state index contributed by atoms with van der Waals surface area (Å²) in [5, 5.41) is 4.02. The Labute approximate surface area is 119 Å². The number of rotatable bonds is 7. The lowest BCUT2D eigenvalue weighted by molar-refractivity contribution is 0.266. The van der Waals surface area contributed by atoms with E-state index in [1.54, 1.807) is 0 Å². The molecular weight excluding hydrogens is 250 g/mol. The minimum Gasteiger partial charge on any atom is -0.338 e. The molecule has 0 aliphatic carbocycles. The van der Waals surface area contributed by atoms with Crippen LogP contribution >= 0.6 is 0 Å². The number of aromatic nitrogens is 2. The number of hydrogen-bond donors (Lipinski definition) is 0. The van der Waals surface area contributed by atoms with Crippen LogP contribution in [0.1, 0.15) is 11.5 Å². The summed E-state index contributed by atoms with van der Waals surface area (Å²) in [6.45, 7) is 11.6. The van der Waals surface area contributed by atoms with Crippen LogP contribution in [0.3, 0.4) is 0 Å². The minimum atomic E-state index is 0.594. The van der Waals surface area contributed by atoms with E-state index in [1.165, 1.54) is 5.56 Å². The molecule has 0 aliphatic rings. The third-order valence-corrected chi connectivity index (χ3v) is 2.91. The van der Waals surface area contributed by atoms with E-state index in [1.807, 2.05) is 43.3 Å². The van der Waals surface area contributed by atoms with Crippen LogP contribution in [0.5, 0.6) is 0 Å². The molecule has 2 aromatic rings. The average molecular weight is 269 g/mol. The Morgan fingerprint density at radius 3 is 2.40 bits per heavy atom. The van der Waals surface area contributed by atoms with Crippen molar-refractivity contribution < 1.29 is 4.52 Å². The molecule has 4 nitrogen and oxygen atoms in total. The minimum absolute atomic E-state index is 0.594. The van der Waals surface area contributed by atoms with Crippen LogP contribution in [0.2, 0.25) is 0 Å². The molecule has 0 spiro atoms. The molecule has 1 aromatic carbocycles. The lowest BCUT2D eigenvalue weighted by atomic mass is 10.1. The molecule has 0 atom stereocenters. The van der Waals surface area contributed by atoms with Crippen LogP contribution in [0.15, 0.2) is 54.1 Å². The Kier molecular flexibility index (Phi) is 4.85. The maximum Gasteiger partial charge on any atom is 0.241 e. The molecular formula is C16H19N3O. The third kappa shape index (κ3) is 3.65. The molecule has 0 saturated heterocycles. The van der Waals surface area contributed by atoms with E-state index < -0.39 is 0 Å². The van der Waals surface area contributed by atoms with E-state index in [0.29, 0.717) is 18.3 Å². The van der Waals surface area contributed by atoms with Crippen LogP contribution in [0, 0.1) is 6.92 Å². The van der Waals surface area contributed by atoms with Crippen molar-refractivity contribution in [1.29, 1.82) is 0 Å². The van der Waals surface area contributed by atoms with Crippen LogP contribution in [-0.2, 0) is 6.54 Å². The van der Waals surface area contributed by atoms with Gasteiger partial charge >= 0.3 is 0 Å². The van der Waals surface area contributed by atoms with E-state index in [0.717, 1.165) is 18.7 Å². The predicted octanol–water partition coefficient (Wildman–Crippen LogP) is 3.22. The molecule has 0 fully saturated rings. The van der Waals surface area contributed by atoms with Crippen molar-refractivity contribution in [2.45, 2.75) is 13.5 Å². The summed E-state index contributed by atoms with van der Waals surface area (Å²) in [4.78, 5) is 6.54. The van der Waals surface area contributed by atoms with Crippen molar-refractivity contribution in [2.75, 3.05) is 13.1 Å². The molecule has 0 unspecified atom stereocenters. The molecule has 2 rings (SSSR count). The van der Waals surface area contributed by atoms with Gasteiger partial charge in [0, 0.05) is 18.7 Å². The zero-order chi connectivity index (χ0) is 14.4. The average Bonchev–Trinajstić information content (AvgIpc) is 2.89. The summed E-state index contributed by atoms with van der Waals surface area (Å²) in [6.07, 6.45) is 3.70. The van der Waals surface area contributed by atoms with E-state index in [2.05, 4.69) is 28.2 Å². The number of aryl methyl sites for hydroxylation is 1. The smallest absolute Gasteiger partial charge is 0.241 e. The highest BCUT2D eigenvalue weighted by Crippen LogP contribution is 2.16. The van der Waals surface area contributed by atoms with Gasteiger partial charge in [0.05, 0.1) is 6.54 Å². The quantitative estimate of drug-likeness (QED) is 0.724. The van der Waals surface area contributed by atoms with Crippen molar-refractivity contribution in [2.24, 2.45) is 0 Å². The second-order valence-electron chi connectivity index (χ2n) is 4.65. The molecule has 0 amide bonds. The largest absolute Gasteiger partial charge is 0.338 e. The highest BCUT2D eigenvalue weighted by Gasteiger charge is 2.11. The van der Waals surface area contributed by atoms with E-state index in [4.69, 9.17) is 4.52 Å². The SMILES string of the molecule is C=CCN(CC=C)Cc1nc(-c2ccc(C)cc2)no1. The maximum atomic E-state index is 5.30. The van der Waals surface area contributed by atoms with Gasteiger partial charge in [-0.1, -0.05) is 47.1 Å². The Morgan fingerprint density at radius 2 is 1.80 bits per heavy atom. The lowest BCUT2D eigenvalue weighted by Crippen LogP contribution is -2.23. The summed E-state index contributed by atoms with van der Waals surface area (Å²) >= 11 is 0. The Bertz CT molecular complexity index is 562. The fraction of sp³-hybridized carbons (Fsp3) is 0.250. The van der Waals surface area contributed by atoms with Crippen molar-refractivity contribution in [3.63, 3.8) is 0 Å². The third-order valence-electron chi connectivity index (χ3n) is 2.91. The Morgan fingerprint density at radius 1 is 1.15 bits per heavy atom. The van der Waals surface area contributed by atoms with Crippen LogP contribution in [0.25, 0.3) is 11.4 Å². The number of benzene rings is 1. The van der Waals surface area contributed by atoms with Gasteiger partial charge in [0.15, 0.2) is 0 Å². The molecule has 20 heavy (non-hydrogen) atoms. The molecule has 0 bridgehead atoms. The first-order valence-electron chi connectivity index (χ1n) is 6.56. The molecule has 104 valence electrons. The molecule has 0 radical (unpaired) electrons. The second kappa shape index (κ2) is 6.82. The van der Waals surface area contributed by atoms with Crippen LogP contribution in [0.4, 0.5) is 0 Å². The van der Waals surface area contributed by atoms with Crippen molar-refractivity contribution in [3.05, 3.63) is 61.0 Å². The first-order chi connectivity index (χ1) is 9.72. The summed E-state index contributed by atoms with van der Waals surface area (Å²) in [5.41, 5.74) is 2.17. The normalized spacial score (nSPS) is 10.7. The van der Waals surface area contributed by atoms with E-state index in [-0.39, 0.29) is 0 Å². The summed E-state index contributed by atoms with van der Waals surface area (Å²) in [7, 11) is 0. The maximum absolute atomic E-state index is 5.30. The summed E-state index contributed by atoms with van der Waals surface area (Å²) < 4.78 is 5.30. The number of nitrogens with zero attached hydrogens (tertiary/aromatic N) is 3. The van der Waals surface area contributed by atoms with Gasteiger partial charge in [0.1, 0.15) is 0 Å². The van der Waals surface area contributed by atoms with E-state index >= 15 is 0 Å². The van der Waals surface area contributed by atoms with Gasteiger partial charge in [-0.25, -0.2) is 0 Å². The van der Waals surface area contributed by atoms with Crippen molar-refractivity contribution >= 4 is 0 Å². The predicted molar refractivity (Wildman–Crippen MR) is 80.1 cm³/mol. The molecule has 0 saturated carbocycles. The second-order valence-corrected chi connectivity index (χ2v) is 4.65. The standard InChI is InChI=1S/C16H19N3O/c1-4-10-19(11-5-2)12-15-17-16(18-20-15)14-8-6-13(3)7-9-14/h4-9H,1-2,10-12H2,3H3. The first-order valence-corrected chi connectivity index (χ1v) is 6.56. The Balaban J connectivity index is 2.09. The highest BCUT2D eigenvalue weighted by atomic mass is 16.5. The zero-order valence-corrected chi connectivity index (χ0v) is 11.7. The molecule has 0 N–H and O–H groups in total. The topological polar surface area (TPSA) is 42.2 Å². The Hall–Kier alpha value is -2.20. The first kappa shape index (κ1) is 14.2. The van der Waals surface area contributed by atoms with Gasteiger partial charge in [-0.2, -0.15) is 4.98 Å². The molecule has 1 heterocycles. The van der Waals surface area contributed by atoms with Gasteiger partial charge in [0.2, 0.25) is 11.7 Å². The van der Waals surface area contributed by atoms with Crippen LogP contribution in [-0.4, -0.2) is 28.1 Å². The van der Waals surface area contributed by atoms with Crippen molar-refractivity contribution in [3.8, 4) is 11.4 Å². The fourth-order valence-corrected chi connectivity index (χ4v) is 1.90. The summed E-state index contributed by atoms with van der Waals surface area (Å²) in [6, 6.07) is 8.06. The van der Waals surface area contributed by atoms with Gasteiger partial charge in [0.25, 0.3) is 0 Å². The highest BCUT2D eigenvalue weighted by molar-refractivity contribution is 5.54. The number of hydrogen-bond acceptors (Lipinski definition) is 4. The van der Waals surface area contributed by atoms with Gasteiger partial charge in [-0.05, 0) is 6.92 Å². The zero-order valence-electron chi connectivity index (χ0n) is 11.7. The monoisotopic (exact) mass is 269 g/mol. The summed E-state index contributed by atoms with van der Waals surface area (Å²) in [5.74, 6) is 1.22. The van der Waals surface area contributed by atoms with E-state index in [9.17, 15) is 0 Å². The molecule has 1 aromatic heterocycles. The van der Waals surface area contributed by atoms with Crippen LogP contribution < -0.4 is 0 Å². The van der Waals surface area contributed by atoms with Crippen molar-refractivity contribution in [1.82, 2.24) is 15.0 Å². The fourth-order valence-electron chi connectivity index (χ4n) is 1.90. The molecule has 4 heteroatoms.